The van der Waals surface area contributed by atoms with Gasteiger partial charge in [0.15, 0.2) is 5.78 Å². The first-order valence-corrected chi connectivity index (χ1v) is 9.73. The molecule has 0 aliphatic rings. The molecule has 0 radical (unpaired) electrons. The summed E-state index contributed by atoms with van der Waals surface area (Å²) in [5, 5.41) is 12.8. The van der Waals surface area contributed by atoms with Crippen LogP contribution in [0.2, 0.25) is 0 Å². The maximum absolute atomic E-state index is 11.7. The number of ether oxygens (including phenoxy) is 1. The first kappa shape index (κ1) is 19.1. The molecule has 0 saturated carbocycles. The van der Waals surface area contributed by atoms with Crippen LogP contribution in [0.4, 0.5) is 0 Å². The smallest absolute Gasteiger partial charge is 0.214 e. The lowest BCUT2D eigenvalue weighted by Crippen LogP contribution is -2.02. The number of carbonyl (C=O) groups is 1. The number of ketones is 1. The second kappa shape index (κ2) is 8.35. The van der Waals surface area contributed by atoms with Crippen molar-refractivity contribution in [3.05, 3.63) is 58.7 Å². The van der Waals surface area contributed by atoms with Crippen molar-refractivity contribution in [2.45, 2.75) is 38.6 Å². The van der Waals surface area contributed by atoms with E-state index in [1.165, 1.54) is 22.9 Å². The van der Waals surface area contributed by atoms with Gasteiger partial charge in [-0.05, 0) is 79.6 Å². The van der Waals surface area contributed by atoms with E-state index in [2.05, 4.69) is 41.5 Å². The van der Waals surface area contributed by atoms with Crippen molar-refractivity contribution in [1.29, 1.82) is 0 Å². The Hall–Kier alpha value is -2.67. The summed E-state index contributed by atoms with van der Waals surface area (Å²) in [7, 11) is 0. The van der Waals surface area contributed by atoms with Gasteiger partial charge in [-0.1, -0.05) is 17.8 Å². The van der Waals surface area contributed by atoms with Gasteiger partial charge in [0.1, 0.15) is 5.75 Å². The second-order valence-corrected chi connectivity index (χ2v) is 7.18. The van der Waals surface area contributed by atoms with Crippen LogP contribution < -0.4 is 4.74 Å². The fourth-order valence-corrected chi connectivity index (χ4v) is 3.51. The van der Waals surface area contributed by atoms with Gasteiger partial charge in [-0.15, -0.1) is 5.10 Å². The summed E-state index contributed by atoms with van der Waals surface area (Å²) in [6.45, 7) is 8.21. The van der Waals surface area contributed by atoms with Gasteiger partial charge in [0, 0.05) is 16.9 Å². The quantitative estimate of drug-likeness (QED) is 0.451. The number of Topliss-reactive ketones (excluding diaryl/α,β-unsaturated/α-hetero) is 1. The monoisotopic (exact) mass is 382 g/mol. The zero-order valence-electron chi connectivity index (χ0n) is 15.9. The average molecular weight is 382 g/mol. The first-order valence-electron chi connectivity index (χ1n) is 8.75. The Kier molecular flexibility index (Phi) is 5.91. The van der Waals surface area contributed by atoms with E-state index in [0.29, 0.717) is 23.1 Å². The molecule has 0 aliphatic carbocycles. The van der Waals surface area contributed by atoms with Crippen LogP contribution in [0.25, 0.3) is 5.69 Å². The van der Waals surface area contributed by atoms with Crippen LogP contribution in [0.1, 0.15) is 40.9 Å². The molecule has 3 rings (SSSR count). The Morgan fingerprint density at radius 1 is 1.15 bits per heavy atom. The highest BCUT2D eigenvalue weighted by Gasteiger charge is 2.13. The number of thioether (sulfide) groups is 1. The van der Waals surface area contributed by atoms with E-state index in [1.807, 2.05) is 25.1 Å². The standard InChI is InChI=1S/C20H22N4O2S/c1-5-26-19-9-7-16(15(4)25)11-17(19)12-27-20-21-22-23-24(20)18-8-6-13(2)14(3)10-18/h6-11H,5,12H2,1-4H3. The summed E-state index contributed by atoms with van der Waals surface area (Å²) in [6.07, 6.45) is 0. The molecule has 1 heterocycles. The topological polar surface area (TPSA) is 69.9 Å². The van der Waals surface area contributed by atoms with Gasteiger partial charge in [0.2, 0.25) is 5.16 Å². The van der Waals surface area contributed by atoms with Crippen LogP contribution in [-0.4, -0.2) is 32.6 Å². The Labute approximate surface area is 162 Å². The highest BCUT2D eigenvalue weighted by atomic mass is 32.2. The van der Waals surface area contributed by atoms with Gasteiger partial charge < -0.3 is 4.74 Å². The summed E-state index contributed by atoms with van der Waals surface area (Å²) in [6, 6.07) is 11.7. The van der Waals surface area contributed by atoms with E-state index in [1.54, 1.807) is 17.7 Å². The second-order valence-electron chi connectivity index (χ2n) is 6.24. The molecule has 0 spiro atoms. The maximum Gasteiger partial charge on any atom is 0.214 e. The molecule has 0 amide bonds. The van der Waals surface area contributed by atoms with E-state index in [9.17, 15) is 4.79 Å². The molecule has 0 aliphatic heterocycles. The van der Waals surface area contributed by atoms with E-state index >= 15 is 0 Å². The highest BCUT2D eigenvalue weighted by Crippen LogP contribution is 2.29. The number of rotatable bonds is 7. The third kappa shape index (κ3) is 4.36. The number of aryl methyl sites for hydroxylation is 2. The Bertz CT molecular complexity index is 968. The number of tetrazole rings is 1. The molecule has 27 heavy (non-hydrogen) atoms. The van der Waals surface area contributed by atoms with Gasteiger partial charge in [-0.25, -0.2) is 0 Å². The maximum atomic E-state index is 11.7. The van der Waals surface area contributed by atoms with Crippen molar-refractivity contribution in [3.8, 4) is 11.4 Å². The van der Waals surface area contributed by atoms with Gasteiger partial charge in [-0.3, -0.25) is 4.79 Å². The lowest BCUT2D eigenvalue weighted by molar-refractivity contribution is 0.101. The molecule has 0 saturated heterocycles. The molecule has 140 valence electrons. The van der Waals surface area contributed by atoms with Crippen molar-refractivity contribution in [3.63, 3.8) is 0 Å². The largest absolute Gasteiger partial charge is 0.494 e. The predicted octanol–water partition coefficient (Wildman–Crippen LogP) is 4.17. The number of nitrogens with zero attached hydrogens (tertiary/aromatic N) is 4. The number of aromatic nitrogens is 4. The van der Waals surface area contributed by atoms with Crippen molar-refractivity contribution in [2.24, 2.45) is 0 Å². The van der Waals surface area contributed by atoms with E-state index < -0.39 is 0 Å². The molecule has 0 bridgehead atoms. The first-order chi connectivity index (χ1) is 13.0. The van der Waals surface area contributed by atoms with Crippen LogP contribution in [0.5, 0.6) is 5.75 Å². The molecule has 3 aromatic rings. The highest BCUT2D eigenvalue weighted by molar-refractivity contribution is 7.98. The van der Waals surface area contributed by atoms with Crippen LogP contribution in [0.15, 0.2) is 41.6 Å². The van der Waals surface area contributed by atoms with Crippen LogP contribution >= 0.6 is 11.8 Å². The van der Waals surface area contributed by atoms with Crippen molar-refractivity contribution >= 4 is 17.5 Å². The number of benzene rings is 2. The van der Waals surface area contributed by atoms with Gasteiger partial charge in [0.25, 0.3) is 0 Å². The summed E-state index contributed by atoms with van der Waals surface area (Å²) in [4.78, 5) is 11.7. The van der Waals surface area contributed by atoms with Gasteiger partial charge in [-0.2, -0.15) is 4.68 Å². The van der Waals surface area contributed by atoms with Crippen molar-refractivity contribution in [1.82, 2.24) is 20.2 Å². The molecule has 0 atom stereocenters. The Morgan fingerprint density at radius 3 is 2.67 bits per heavy atom. The number of carbonyl (C=O) groups excluding carboxylic acids is 1. The summed E-state index contributed by atoms with van der Waals surface area (Å²) in [5.41, 5.74) is 4.95. The molecule has 0 N–H and O–H groups in total. The zero-order valence-corrected chi connectivity index (χ0v) is 16.7. The minimum absolute atomic E-state index is 0.0317. The molecule has 0 unspecified atom stereocenters. The third-order valence-electron chi connectivity index (χ3n) is 4.30. The number of hydrogen-bond donors (Lipinski definition) is 0. The van der Waals surface area contributed by atoms with Crippen LogP contribution in [-0.2, 0) is 5.75 Å². The van der Waals surface area contributed by atoms with Crippen LogP contribution in [0.3, 0.4) is 0 Å². The van der Waals surface area contributed by atoms with Crippen LogP contribution in [0, 0.1) is 13.8 Å². The third-order valence-corrected chi connectivity index (χ3v) is 5.27. The molecular formula is C20H22N4O2S. The van der Waals surface area contributed by atoms with E-state index in [0.717, 1.165) is 17.0 Å². The Balaban J connectivity index is 1.85. The van der Waals surface area contributed by atoms with E-state index in [-0.39, 0.29) is 5.78 Å². The SMILES string of the molecule is CCOc1ccc(C(C)=O)cc1CSc1nnnn1-c1ccc(C)c(C)c1. The summed E-state index contributed by atoms with van der Waals surface area (Å²) >= 11 is 1.51. The Morgan fingerprint density at radius 2 is 1.96 bits per heavy atom. The molecule has 7 heteroatoms. The molecule has 0 fully saturated rings. The fraction of sp³-hybridized carbons (Fsp3) is 0.300. The average Bonchev–Trinajstić information content (AvgIpc) is 3.11. The summed E-state index contributed by atoms with van der Waals surface area (Å²) < 4.78 is 7.43. The predicted molar refractivity (Wildman–Crippen MR) is 106 cm³/mol. The van der Waals surface area contributed by atoms with Gasteiger partial charge >= 0.3 is 0 Å². The molecule has 2 aromatic carbocycles. The van der Waals surface area contributed by atoms with Gasteiger partial charge in [0.05, 0.1) is 12.3 Å². The fourth-order valence-electron chi connectivity index (χ4n) is 2.64. The number of hydrogen-bond acceptors (Lipinski definition) is 6. The lowest BCUT2D eigenvalue weighted by Gasteiger charge is -2.11. The van der Waals surface area contributed by atoms with E-state index in [4.69, 9.17) is 4.74 Å². The lowest BCUT2D eigenvalue weighted by atomic mass is 10.1. The minimum atomic E-state index is 0.0317. The van der Waals surface area contributed by atoms with Crippen molar-refractivity contribution < 1.29 is 9.53 Å². The minimum Gasteiger partial charge on any atom is -0.494 e. The molecular weight excluding hydrogens is 360 g/mol. The zero-order chi connectivity index (χ0) is 19.4. The summed E-state index contributed by atoms with van der Waals surface area (Å²) in [5.74, 6) is 1.41. The molecule has 1 aromatic heterocycles. The van der Waals surface area contributed by atoms with Crippen molar-refractivity contribution in [2.75, 3.05) is 6.61 Å². The normalized spacial score (nSPS) is 10.8. The molecule has 6 nitrogen and oxygen atoms in total.